The number of hydrogen-bond donors (Lipinski definition) is 1. The van der Waals surface area contributed by atoms with Crippen LogP contribution in [0.2, 0.25) is 5.15 Å². The molecule has 1 aromatic rings. The molecule has 2 rings (SSSR count). The van der Waals surface area contributed by atoms with Crippen LogP contribution in [-0.4, -0.2) is 35.6 Å². The van der Waals surface area contributed by atoms with Crippen molar-refractivity contribution in [2.75, 3.05) is 25.0 Å². The van der Waals surface area contributed by atoms with Crippen molar-refractivity contribution in [3.05, 3.63) is 21.9 Å². The normalized spacial score (nSPS) is 19.4. The first kappa shape index (κ1) is 15.1. The second kappa shape index (κ2) is 6.91. The van der Waals surface area contributed by atoms with E-state index in [1.165, 1.54) is 25.9 Å². The summed E-state index contributed by atoms with van der Waals surface area (Å²) in [6, 6.07) is 2.42. The lowest BCUT2D eigenvalue weighted by atomic mass is 9.90. The van der Waals surface area contributed by atoms with Crippen molar-refractivity contribution in [1.82, 2.24) is 9.88 Å². The fourth-order valence-electron chi connectivity index (χ4n) is 2.66. The molecule has 0 spiro atoms. The van der Waals surface area contributed by atoms with Gasteiger partial charge in [0.2, 0.25) is 0 Å². The molecule has 1 N–H and O–H groups in total. The SMILES string of the molecule is CCN1CCC(C(C)Nc2cc(Br)cnc2Cl)CC1. The summed E-state index contributed by atoms with van der Waals surface area (Å²) in [5, 5.41) is 4.05. The van der Waals surface area contributed by atoms with Crippen LogP contribution in [0.25, 0.3) is 0 Å². The molecule has 0 amide bonds. The fourth-order valence-corrected chi connectivity index (χ4v) is 3.15. The van der Waals surface area contributed by atoms with Crippen molar-refractivity contribution >= 4 is 33.2 Å². The summed E-state index contributed by atoms with van der Waals surface area (Å²) in [4.78, 5) is 6.66. The van der Waals surface area contributed by atoms with Crippen molar-refractivity contribution in [2.45, 2.75) is 32.7 Å². The second-order valence-corrected chi connectivity index (χ2v) is 6.47. The van der Waals surface area contributed by atoms with Gasteiger partial charge in [0.15, 0.2) is 5.15 Å². The number of pyridine rings is 1. The Hall–Kier alpha value is -0.320. The van der Waals surface area contributed by atoms with Crippen molar-refractivity contribution < 1.29 is 0 Å². The van der Waals surface area contributed by atoms with E-state index >= 15 is 0 Å². The number of anilines is 1. The van der Waals surface area contributed by atoms with Gasteiger partial charge in [-0.3, -0.25) is 0 Å². The smallest absolute Gasteiger partial charge is 0.152 e. The topological polar surface area (TPSA) is 28.2 Å². The first-order chi connectivity index (χ1) is 9.10. The monoisotopic (exact) mass is 345 g/mol. The minimum atomic E-state index is 0.424. The number of likely N-dealkylation sites (tertiary alicyclic amines) is 1. The molecule has 1 atom stereocenters. The third-order valence-corrected chi connectivity index (χ3v) is 4.71. The van der Waals surface area contributed by atoms with E-state index in [1.807, 2.05) is 6.07 Å². The van der Waals surface area contributed by atoms with Gasteiger partial charge in [-0.1, -0.05) is 18.5 Å². The zero-order valence-electron chi connectivity index (χ0n) is 11.5. The molecule has 19 heavy (non-hydrogen) atoms. The highest BCUT2D eigenvalue weighted by Gasteiger charge is 2.23. The average molecular weight is 347 g/mol. The van der Waals surface area contributed by atoms with Crippen molar-refractivity contribution in [2.24, 2.45) is 5.92 Å². The summed E-state index contributed by atoms with van der Waals surface area (Å²) in [5.41, 5.74) is 0.918. The molecule has 1 aliphatic heterocycles. The lowest BCUT2D eigenvalue weighted by Crippen LogP contribution is -2.39. The van der Waals surface area contributed by atoms with Crippen molar-refractivity contribution in [3.63, 3.8) is 0 Å². The van der Waals surface area contributed by atoms with Gasteiger partial charge in [-0.25, -0.2) is 4.98 Å². The van der Waals surface area contributed by atoms with Crippen molar-refractivity contribution in [3.8, 4) is 0 Å². The minimum absolute atomic E-state index is 0.424. The summed E-state index contributed by atoms with van der Waals surface area (Å²) in [6.45, 7) is 8.05. The Morgan fingerprint density at radius 2 is 2.21 bits per heavy atom. The Kier molecular flexibility index (Phi) is 5.48. The number of nitrogens with zero attached hydrogens (tertiary/aromatic N) is 2. The van der Waals surface area contributed by atoms with Crippen LogP contribution in [0.5, 0.6) is 0 Å². The van der Waals surface area contributed by atoms with Crippen LogP contribution in [0.4, 0.5) is 5.69 Å². The molecule has 1 aliphatic rings. The highest BCUT2D eigenvalue weighted by Crippen LogP contribution is 2.27. The Bertz CT molecular complexity index is 419. The molecule has 106 valence electrons. The van der Waals surface area contributed by atoms with E-state index < -0.39 is 0 Å². The Morgan fingerprint density at radius 1 is 1.53 bits per heavy atom. The number of nitrogens with one attached hydrogen (secondary N) is 1. The van der Waals surface area contributed by atoms with Crippen LogP contribution in [0, 0.1) is 5.92 Å². The second-order valence-electron chi connectivity index (χ2n) is 5.20. The molecule has 1 fully saturated rings. The van der Waals surface area contributed by atoms with E-state index in [2.05, 4.69) is 45.0 Å². The summed E-state index contributed by atoms with van der Waals surface area (Å²) < 4.78 is 0.951. The molecular weight excluding hydrogens is 326 g/mol. The number of piperidine rings is 1. The third kappa shape index (κ3) is 4.07. The van der Waals surface area contributed by atoms with Crippen LogP contribution >= 0.6 is 27.5 Å². The van der Waals surface area contributed by atoms with Gasteiger partial charge in [0.25, 0.3) is 0 Å². The third-order valence-electron chi connectivity index (χ3n) is 3.98. The van der Waals surface area contributed by atoms with Gasteiger partial charge in [-0.2, -0.15) is 0 Å². The standard InChI is InChI=1S/C14H21BrClN3/c1-3-19-6-4-11(5-7-19)10(2)18-13-8-12(15)9-17-14(13)16/h8-11,18H,3-7H2,1-2H3. The van der Waals surface area contributed by atoms with E-state index in [-0.39, 0.29) is 0 Å². The number of rotatable bonds is 4. The fraction of sp³-hybridized carbons (Fsp3) is 0.643. The maximum Gasteiger partial charge on any atom is 0.152 e. The summed E-state index contributed by atoms with van der Waals surface area (Å²) >= 11 is 9.55. The van der Waals surface area contributed by atoms with Gasteiger partial charge < -0.3 is 10.2 Å². The predicted octanol–water partition coefficient (Wildman–Crippen LogP) is 4.03. The van der Waals surface area contributed by atoms with E-state index in [1.54, 1.807) is 6.20 Å². The van der Waals surface area contributed by atoms with Crippen LogP contribution < -0.4 is 5.32 Å². The first-order valence-corrected chi connectivity index (χ1v) is 8.07. The van der Waals surface area contributed by atoms with E-state index in [0.717, 1.165) is 16.7 Å². The van der Waals surface area contributed by atoms with Crippen molar-refractivity contribution in [1.29, 1.82) is 0 Å². The predicted molar refractivity (Wildman–Crippen MR) is 84.9 cm³/mol. The Balaban J connectivity index is 1.94. The van der Waals surface area contributed by atoms with Crippen LogP contribution in [0.1, 0.15) is 26.7 Å². The molecule has 0 aromatic carbocycles. The largest absolute Gasteiger partial charge is 0.380 e. The van der Waals surface area contributed by atoms with Gasteiger partial charge in [0, 0.05) is 16.7 Å². The minimum Gasteiger partial charge on any atom is -0.380 e. The molecule has 0 saturated carbocycles. The molecule has 0 bridgehead atoms. The molecule has 1 saturated heterocycles. The van der Waals surface area contributed by atoms with Gasteiger partial charge >= 0.3 is 0 Å². The molecular formula is C14H21BrClN3. The molecule has 5 heteroatoms. The maximum atomic E-state index is 6.12. The average Bonchev–Trinajstić information content (AvgIpc) is 2.43. The molecule has 3 nitrogen and oxygen atoms in total. The number of halogens is 2. The van der Waals surface area contributed by atoms with E-state index in [9.17, 15) is 0 Å². The van der Waals surface area contributed by atoms with Crippen LogP contribution in [-0.2, 0) is 0 Å². The van der Waals surface area contributed by atoms with Gasteiger partial charge in [0.05, 0.1) is 5.69 Å². The summed E-state index contributed by atoms with van der Waals surface area (Å²) in [6.07, 6.45) is 4.22. The lowest BCUT2D eigenvalue weighted by Gasteiger charge is -2.34. The van der Waals surface area contributed by atoms with E-state index in [0.29, 0.717) is 17.1 Å². The molecule has 2 heterocycles. The summed E-state index contributed by atoms with van der Waals surface area (Å²) in [7, 11) is 0. The quantitative estimate of drug-likeness (QED) is 0.834. The highest BCUT2D eigenvalue weighted by atomic mass is 79.9. The van der Waals surface area contributed by atoms with Gasteiger partial charge in [0.1, 0.15) is 0 Å². The van der Waals surface area contributed by atoms with Crippen LogP contribution in [0.3, 0.4) is 0 Å². The zero-order valence-corrected chi connectivity index (χ0v) is 13.8. The van der Waals surface area contributed by atoms with Gasteiger partial charge in [-0.15, -0.1) is 0 Å². The summed E-state index contributed by atoms with van der Waals surface area (Å²) in [5.74, 6) is 0.706. The van der Waals surface area contributed by atoms with Gasteiger partial charge in [-0.05, 0) is 67.3 Å². The lowest BCUT2D eigenvalue weighted by molar-refractivity contribution is 0.183. The Morgan fingerprint density at radius 3 is 2.84 bits per heavy atom. The molecule has 0 aliphatic carbocycles. The Labute approximate surface area is 128 Å². The van der Waals surface area contributed by atoms with Crippen LogP contribution in [0.15, 0.2) is 16.7 Å². The van der Waals surface area contributed by atoms with E-state index in [4.69, 9.17) is 11.6 Å². The molecule has 1 aromatic heterocycles. The first-order valence-electron chi connectivity index (χ1n) is 6.90. The number of aromatic nitrogens is 1. The zero-order chi connectivity index (χ0) is 13.8. The molecule has 0 radical (unpaired) electrons. The highest BCUT2D eigenvalue weighted by molar-refractivity contribution is 9.10. The number of hydrogen-bond acceptors (Lipinski definition) is 3. The maximum absolute atomic E-state index is 6.12. The molecule has 1 unspecified atom stereocenters.